The van der Waals surface area contributed by atoms with E-state index >= 15 is 0 Å². The molecule has 1 amide bonds. The number of carbonyl (C=O) groups excluding carboxylic acids is 2. The number of esters is 1. The number of hydrogen-bond acceptors (Lipinski definition) is 6. The maximum Gasteiger partial charge on any atom is 0.417 e. The number of nitrogens with zero attached hydrogens (tertiary/aromatic N) is 2. The number of pyridine rings is 1. The summed E-state index contributed by atoms with van der Waals surface area (Å²) in [4.78, 5) is 38.9. The van der Waals surface area contributed by atoms with Crippen molar-refractivity contribution in [1.82, 2.24) is 9.88 Å². The number of halogens is 3. The van der Waals surface area contributed by atoms with Gasteiger partial charge in [0.05, 0.1) is 24.9 Å². The van der Waals surface area contributed by atoms with Crippen LogP contribution >= 0.6 is 0 Å². The molecule has 1 heterocycles. The Hall–Kier alpha value is -6.15. The predicted octanol–water partition coefficient (Wildman–Crippen LogP) is 8.14. The second-order valence-corrected chi connectivity index (χ2v) is 11.2. The molecule has 0 aliphatic rings. The van der Waals surface area contributed by atoms with E-state index in [0.29, 0.717) is 16.9 Å². The summed E-state index contributed by atoms with van der Waals surface area (Å²) < 4.78 is 54.0. The lowest BCUT2D eigenvalue weighted by molar-refractivity contribution is -0.143. The highest BCUT2D eigenvalue weighted by atomic mass is 19.4. The predicted molar refractivity (Wildman–Crippen MR) is 183 cm³/mol. The summed E-state index contributed by atoms with van der Waals surface area (Å²) in [6.07, 6.45) is -4.93. The van der Waals surface area contributed by atoms with Crippen molar-refractivity contribution < 1.29 is 32.2 Å². The molecule has 0 spiro atoms. The van der Waals surface area contributed by atoms with Crippen LogP contribution in [0.3, 0.4) is 0 Å². The summed E-state index contributed by atoms with van der Waals surface area (Å²) in [5.41, 5.74) is 0.191. The van der Waals surface area contributed by atoms with Gasteiger partial charge < -0.3 is 19.4 Å². The number of nitrogens with one attached hydrogen (secondary N) is 1. The summed E-state index contributed by atoms with van der Waals surface area (Å²) in [5.74, 6) is -0.621. The molecule has 0 fully saturated rings. The van der Waals surface area contributed by atoms with E-state index in [0.717, 1.165) is 17.2 Å². The minimum absolute atomic E-state index is 0. The van der Waals surface area contributed by atoms with Crippen molar-refractivity contribution in [3.8, 4) is 28.8 Å². The fourth-order valence-electron chi connectivity index (χ4n) is 5.35. The number of rotatable bonds is 9. The topological polar surface area (TPSA) is 110 Å². The third-order valence-electron chi connectivity index (χ3n) is 7.87. The Morgan fingerprint density at radius 2 is 1.60 bits per heavy atom. The Kier molecular flexibility index (Phi) is 11.3. The summed E-state index contributed by atoms with van der Waals surface area (Å²) in [6, 6.07) is 27.7. The van der Waals surface area contributed by atoms with Gasteiger partial charge in [0.1, 0.15) is 23.1 Å². The van der Waals surface area contributed by atoms with Crippen LogP contribution in [-0.2, 0) is 22.3 Å². The number of alkyl halides is 3. The number of ether oxygens (including phenoxy) is 2. The Labute approximate surface area is 287 Å². The molecule has 0 unspecified atom stereocenters. The zero-order valence-electron chi connectivity index (χ0n) is 26.7. The van der Waals surface area contributed by atoms with Crippen molar-refractivity contribution in [2.24, 2.45) is 0 Å². The molecule has 0 aliphatic heterocycles. The second-order valence-electron chi connectivity index (χ2n) is 11.2. The molecule has 11 heteroatoms. The lowest BCUT2D eigenvalue weighted by atomic mass is 10.0. The van der Waals surface area contributed by atoms with Crippen LogP contribution in [-0.4, -0.2) is 23.6 Å². The third kappa shape index (κ3) is 8.10. The fraction of sp³-hybridized carbons (Fsp3) is 0.179. The second kappa shape index (κ2) is 15.4. The van der Waals surface area contributed by atoms with E-state index in [1.807, 2.05) is 26.0 Å². The van der Waals surface area contributed by atoms with Gasteiger partial charge >= 0.3 is 12.1 Å². The highest BCUT2D eigenvalue weighted by molar-refractivity contribution is 5.97. The summed E-state index contributed by atoms with van der Waals surface area (Å²) in [7, 11) is 1.23. The van der Waals surface area contributed by atoms with Crippen LogP contribution in [0.2, 0.25) is 0 Å². The van der Waals surface area contributed by atoms with Gasteiger partial charge in [-0.05, 0) is 84.6 Å². The molecule has 0 bridgehead atoms. The molecule has 0 radical (unpaired) electrons. The zero-order valence-corrected chi connectivity index (χ0v) is 26.7. The molecule has 0 saturated heterocycles. The molecule has 4 aromatic carbocycles. The van der Waals surface area contributed by atoms with Gasteiger partial charge in [0.25, 0.3) is 11.5 Å². The van der Waals surface area contributed by atoms with E-state index in [1.54, 1.807) is 54.6 Å². The maximum atomic E-state index is 14.0. The van der Waals surface area contributed by atoms with Crippen molar-refractivity contribution in [1.29, 1.82) is 5.26 Å². The summed E-state index contributed by atoms with van der Waals surface area (Å²) >= 11 is 0. The number of benzene rings is 4. The first-order valence-electron chi connectivity index (χ1n) is 15.0. The first kappa shape index (κ1) is 36.7. The Morgan fingerprint density at radius 1 is 0.900 bits per heavy atom. The van der Waals surface area contributed by atoms with E-state index in [2.05, 4.69) is 5.32 Å². The molecule has 256 valence electrons. The van der Waals surface area contributed by atoms with Gasteiger partial charge in [-0.25, -0.2) is 4.79 Å². The molecule has 8 nitrogen and oxygen atoms in total. The minimum Gasteiger partial charge on any atom is -0.467 e. The number of aromatic nitrogens is 1. The normalized spacial score (nSPS) is 11.5. The van der Waals surface area contributed by atoms with Crippen molar-refractivity contribution in [2.75, 3.05) is 7.11 Å². The van der Waals surface area contributed by atoms with E-state index in [1.165, 1.54) is 48.1 Å². The number of aryl methyl sites for hydroxylation is 2. The van der Waals surface area contributed by atoms with Gasteiger partial charge in [0.15, 0.2) is 6.04 Å². The van der Waals surface area contributed by atoms with Crippen LogP contribution in [0.15, 0.2) is 108 Å². The van der Waals surface area contributed by atoms with Gasteiger partial charge in [-0.2, -0.15) is 18.4 Å². The van der Waals surface area contributed by atoms with E-state index in [4.69, 9.17) is 9.47 Å². The van der Waals surface area contributed by atoms with Crippen molar-refractivity contribution >= 4 is 11.9 Å². The van der Waals surface area contributed by atoms with Gasteiger partial charge in [0.2, 0.25) is 0 Å². The number of nitriles is 1. The fourth-order valence-corrected chi connectivity index (χ4v) is 5.35. The molecule has 1 atom stereocenters. The highest BCUT2D eigenvalue weighted by Crippen LogP contribution is 2.35. The molecule has 50 heavy (non-hydrogen) atoms. The van der Waals surface area contributed by atoms with Gasteiger partial charge in [-0.15, -0.1) is 0 Å². The molecule has 0 saturated carbocycles. The smallest absolute Gasteiger partial charge is 0.417 e. The number of amides is 1. The molecular formula is C39H34F3N3O5. The van der Waals surface area contributed by atoms with Crippen LogP contribution in [0.5, 0.6) is 11.5 Å². The van der Waals surface area contributed by atoms with Crippen molar-refractivity contribution in [3.63, 3.8) is 0 Å². The molecule has 5 rings (SSSR count). The lowest BCUT2D eigenvalue weighted by Crippen LogP contribution is -2.34. The molecular weight excluding hydrogens is 647 g/mol. The van der Waals surface area contributed by atoms with E-state index < -0.39 is 40.8 Å². The molecule has 1 aromatic heterocycles. The minimum atomic E-state index is -4.93. The average molecular weight is 682 g/mol. The number of carbonyl (C=O) groups is 2. The Bertz CT molecular complexity index is 2120. The molecule has 5 aromatic rings. The Morgan fingerprint density at radius 3 is 2.22 bits per heavy atom. The maximum absolute atomic E-state index is 14.0. The van der Waals surface area contributed by atoms with E-state index in [9.17, 15) is 32.8 Å². The van der Waals surface area contributed by atoms with Crippen LogP contribution in [0.4, 0.5) is 13.2 Å². The zero-order chi connectivity index (χ0) is 35.3. The average Bonchev–Trinajstić information content (AvgIpc) is 3.09. The monoisotopic (exact) mass is 681 g/mol. The summed E-state index contributed by atoms with van der Waals surface area (Å²) in [6.45, 7) is 3.69. The first-order chi connectivity index (χ1) is 23.4. The number of methoxy groups -OCH3 is 1. The first-order valence-corrected chi connectivity index (χ1v) is 15.0. The van der Waals surface area contributed by atoms with Crippen LogP contribution in [0, 0.1) is 25.2 Å². The van der Waals surface area contributed by atoms with E-state index in [-0.39, 0.29) is 36.5 Å². The quantitative estimate of drug-likeness (QED) is 0.157. The summed E-state index contributed by atoms with van der Waals surface area (Å²) in [5, 5.41) is 12.2. The number of hydrogen-bond donors (Lipinski definition) is 1. The third-order valence-corrected chi connectivity index (χ3v) is 7.87. The van der Waals surface area contributed by atoms with Crippen LogP contribution < -0.4 is 15.6 Å². The van der Waals surface area contributed by atoms with Gasteiger partial charge in [0, 0.05) is 5.56 Å². The molecule has 1 N–H and O–H groups in total. The largest absolute Gasteiger partial charge is 0.467 e. The van der Waals surface area contributed by atoms with Crippen molar-refractivity contribution in [2.45, 2.75) is 40.0 Å². The molecule has 0 aliphatic carbocycles. The standard InChI is InChI=1S/C38H30F3N3O5.CH4/c1-23-12-13-28(24(2)18-23)22-44-33(20-32(38(39,40)41)31(21-42)36(44)46)25-14-16-29(17-15-25)49-30-11-7-10-27(19-30)35(45)43-34(37(47)48-3)26-8-5-4-6-9-26;/h4-20,34H,22H2,1-3H3,(H,43,45);1H4/t34-;/m1./s1. The van der Waals surface area contributed by atoms with Crippen molar-refractivity contribution in [3.05, 3.63) is 152 Å². The lowest BCUT2D eigenvalue weighted by Gasteiger charge is -2.19. The van der Waals surface area contributed by atoms with Gasteiger partial charge in [-0.3, -0.25) is 9.59 Å². The van der Waals surface area contributed by atoms with Gasteiger partial charge in [-0.1, -0.05) is 67.6 Å². The SMILES string of the molecule is C.COC(=O)[C@H](NC(=O)c1cccc(Oc2ccc(-c3cc(C(F)(F)F)c(C#N)c(=O)n3Cc3ccc(C)cc3C)cc2)c1)c1ccccc1. The Balaban J connectivity index is 0.00000562. The van der Waals surface area contributed by atoms with Crippen LogP contribution in [0.1, 0.15) is 57.2 Å². The highest BCUT2D eigenvalue weighted by Gasteiger charge is 2.36. The van der Waals surface area contributed by atoms with Crippen LogP contribution in [0.25, 0.3) is 11.3 Å².